The van der Waals surface area contributed by atoms with Gasteiger partial charge in [0.1, 0.15) is 11.4 Å². The van der Waals surface area contributed by atoms with Gasteiger partial charge < -0.3 is 4.74 Å². The van der Waals surface area contributed by atoms with Crippen molar-refractivity contribution in [2.45, 2.75) is 13.3 Å². The van der Waals surface area contributed by atoms with E-state index in [0.717, 1.165) is 0 Å². The third-order valence-electron chi connectivity index (χ3n) is 2.93. The molecule has 1 aromatic carbocycles. The van der Waals surface area contributed by atoms with E-state index in [1.165, 1.54) is 13.2 Å². The van der Waals surface area contributed by atoms with E-state index >= 15 is 0 Å². The number of carbonyl (C=O) groups excluding carboxylic acids is 1. The van der Waals surface area contributed by atoms with Crippen LogP contribution >= 0.6 is 0 Å². The van der Waals surface area contributed by atoms with Crippen molar-refractivity contribution in [3.63, 3.8) is 0 Å². The predicted molar refractivity (Wildman–Crippen MR) is 82.1 cm³/mol. The van der Waals surface area contributed by atoms with E-state index in [-0.39, 0.29) is 11.4 Å². The van der Waals surface area contributed by atoms with Crippen LogP contribution in [0.3, 0.4) is 0 Å². The zero-order valence-corrected chi connectivity index (χ0v) is 13.1. The van der Waals surface area contributed by atoms with Gasteiger partial charge in [-0.2, -0.15) is 5.10 Å². The van der Waals surface area contributed by atoms with E-state index in [0.29, 0.717) is 23.4 Å². The lowest BCUT2D eigenvalue weighted by molar-refractivity contribution is 0.0976. The Morgan fingerprint density at radius 1 is 1.36 bits per heavy atom. The molecule has 0 aliphatic heterocycles. The average molecular weight is 323 g/mol. The molecule has 0 radical (unpaired) electrons. The molecule has 22 heavy (non-hydrogen) atoms. The first kappa shape index (κ1) is 16.0. The second-order valence-corrected chi connectivity index (χ2v) is 6.46. The highest BCUT2D eigenvalue weighted by atomic mass is 32.2. The number of aromatic nitrogens is 2. The summed E-state index contributed by atoms with van der Waals surface area (Å²) in [4.78, 5) is 11.9. The molecule has 0 saturated heterocycles. The molecule has 1 amide bonds. The number of hydrogen-bond acceptors (Lipinski definition) is 5. The Balaban J connectivity index is 2.23. The molecule has 2 rings (SSSR count). The minimum atomic E-state index is -3.62. The summed E-state index contributed by atoms with van der Waals surface area (Å²) in [5.74, 6) is -0.228. The fourth-order valence-electron chi connectivity index (χ4n) is 1.95. The number of rotatable bonds is 6. The number of para-hydroxylation sites is 1. The second-order valence-electron chi connectivity index (χ2n) is 4.62. The van der Waals surface area contributed by atoms with E-state index in [1.807, 2.05) is 16.9 Å². The number of methoxy groups -OCH3 is 1. The summed E-state index contributed by atoms with van der Waals surface area (Å²) >= 11 is 0. The number of amides is 1. The molecular weight excluding hydrogens is 306 g/mol. The number of H-pyrrole nitrogens is 1. The normalized spacial score (nSPS) is 11.2. The monoisotopic (exact) mass is 323 g/mol. The Hall–Kier alpha value is -2.35. The largest absolute Gasteiger partial charge is 0.496 e. The van der Waals surface area contributed by atoms with Gasteiger partial charge in [0.05, 0.1) is 18.6 Å². The quantitative estimate of drug-likeness (QED) is 0.840. The molecule has 7 nitrogen and oxygen atoms in total. The van der Waals surface area contributed by atoms with Crippen molar-refractivity contribution in [2.24, 2.45) is 0 Å². The lowest BCUT2D eigenvalue weighted by Gasteiger charge is -2.04. The van der Waals surface area contributed by atoms with Gasteiger partial charge in [-0.3, -0.25) is 9.89 Å². The fourth-order valence-corrected chi connectivity index (χ4v) is 2.98. The number of carbonyl (C=O) groups is 1. The summed E-state index contributed by atoms with van der Waals surface area (Å²) in [6, 6.07) is 8.69. The van der Waals surface area contributed by atoms with E-state index < -0.39 is 15.9 Å². The summed E-state index contributed by atoms with van der Waals surface area (Å²) in [5, 5.41) is 6.57. The van der Waals surface area contributed by atoms with Gasteiger partial charge in [0.15, 0.2) is 0 Å². The molecule has 0 spiro atoms. The van der Waals surface area contributed by atoms with Gasteiger partial charge in [0.2, 0.25) is 10.0 Å². The van der Waals surface area contributed by atoms with Gasteiger partial charge in [0, 0.05) is 5.56 Å². The van der Waals surface area contributed by atoms with Gasteiger partial charge in [0.25, 0.3) is 5.91 Å². The molecule has 0 atom stereocenters. The average Bonchev–Trinajstić information content (AvgIpc) is 2.96. The lowest BCUT2D eigenvalue weighted by atomic mass is 10.1. The highest BCUT2D eigenvalue weighted by Crippen LogP contribution is 2.28. The Bertz CT molecular complexity index is 768. The summed E-state index contributed by atoms with van der Waals surface area (Å²) in [7, 11) is -2.08. The van der Waals surface area contributed by atoms with Crippen molar-refractivity contribution in [1.29, 1.82) is 0 Å². The van der Waals surface area contributed by atoms with Crippen LogP contribution in [0.5, 0.6) is 5.75 Å². The van der Waals surface area contributed by atoms with E-state index in [4.69, 9.17) is 4.74 Å². The number of nitrogens with one attached hydrogen (secondary N) is 2. The maximum absolute atomic E-state index is 11.9. The Kier molecular flexibility index (Phi) is 4.81. The summed E-state index contributed by atoms with van der Waals surface area (Å²) in [6.45, 7) is 1.72. The zero-order valence-electron chi connectivity index (χ0n) is 12.3. The highest BCUT2D eigenvalue weighted by Gasteiger charge is 2.18. The third kappa shape index (κ3) is 3.64. The van der Waals surface area contributed by atoms with Crippen LogP contribution in [0.25, 0.3) is 11.3 Å². The molecule has 1 heterocycles. The first-order valence-electron chi connectivity index (χ1n) is 6.70. The molecule has 8 heteroatoms. The maximum Gasteiger partial charge on any atom is 0.282 e. The number of benzene rings is 1. The van der Waals surface area contributed by atoms with Crippen LogP contribution in [-0.2, 0) is 10.0 Å². The molecule has 118 valence electrons. The Morgan fingerprint density at radius 2 is 2.09 bits per heavy atom. The smallest absolute Gasteiger partial charge is 0.282 e. The maximum atomic E-state index is 11.9. The van der Waals surface area contributed by atoms with Crippen molar-refractivity contribution in [1.82, 2.24) is 14.9 Å². The van der Waals surface area contributed by atoms with Crippen LogP contribution in [0, 0.1) is 0 Å². The number of nitrogens with zero attached hydrogens (tertiary/aromatic N) is 1. The van der Waals surface area contributed by atoms with Gasteiger partial charge in [-0.25, -0.2) is 13.1 Å². The molecule has 0 aliphatic rings. The number of ether oxygens (including phenoxy) is 1. The van der Waals surface area contributed by atoms with Gasteiger partial charge >= 0.3 is 0 Å². The third-order valence-corrected chi connectivity index (χ3v) is 4.37. The Morgan fingerprint density at radius 3 is 2.77 bits per heavy atom. The second kappa shape index (κ2) is 6.61. The molecule has 0 fully saturated rings. The molecule has 1 aromatic heterocycles. The fraction of sp³-hybridized carbons (Fsp3) is 0.286. The van der Waals surface area contributed by atoms with Crippen molar-refractivity contribution < 1.29 is 17.9 Å². The molecule has 0 saturated carbocycles. The van der Waals surface area contributed by atoms with Crippen LogP contribution in [0.15, 0.2) is 30.3 Å². The van der Waals surface area contributed by atoms with Crippen LogP contribution < -0.4 is 9.46 Å². The lowest BCUT2D eigenvalue weighted by Crippen LogP contribution is -2.32. The predicted octanol–water partition coefficient (Wildman–Crippen LogP) is 1.55. The summed E-state index contributed by atoms with van der Waals surface area (Å²) in [6.07, 6.45) is 0.429. The molecular formula is C14H17N3O4S. The standard InChI is InChI=1S/C14H17N3O4S/c1-3-8-22(19,20)17-14(18)12-9-11(15-16-12)10-6-4-5-7-13(10)21-2/h4-7,9H,3,8H2,1-2H3,(H,15,16)(H,17,18). The minimum absolute atomic E-state index is 0.0700. The van der Waals surface area contributed by atoms with E-state index in [2.05, 4.69) is 10.2 Å². The minimum Gasteiger partial charge on any atom is -0.496 e. The van der Waals surface area contributed by atoms with Crippen LogP contribution in [0.2, 0.25) is 0 Å². The van der Waals surface area contributed by atoms with E-state index in [9.17, 15) is 13.2 Å². The topological polar surface area (TPSA) is 101 Å². The molecule has 2 aromatic rings. The van der Waals surface area contributed by atoms with Crippen LogP contribution in [0.1, 0.15) is 23.8 Å². The summed E-state index contributed by atoms with van der Waals surface area (Å²) < 4.78 is 30.4. The van der Waals surface area contributed by atoms with Gasteiger partial charge in [-0.15, -0.1) is 0 Å². The van der Waals surface area contributed by atoms with Gasteiger partial charge in [-0.05, 0) is 24.6 Å². The van der Waals surface area contributed by atoms with Gasteiger partial charge in [-0.1, -0.05) is 19.1 Å². The zero-order chi connectivity index (χ0) is 16.2. The van der Waals surface area contributed by atoms with Crippen LogP contribution in [0.4, 0.5) is 0 Å². The number of aromatic amines is 1. The van der Waals surface area contributed by atoms with Crippen molar-refractivity contribution in [3.8, 4) is 17.0 Å². The van der Waals surface area contributed by atoms with Crippen molar-refractivity contribution in [3.05, 3.63) is 36.0 Å². The first-order chi connectivity index (χ1) is 10.5. The molecule has 0 aliphatic carbocycles. The first-order valence-corrected chi connectivity index (χ1v) is 8.35. The number of hydrogen-bond donors (Lipinski definition) is 2. The summed E-state index contributed by atoms with van der Waals surface area (Å²) in [5.41, 5.74) is 1.27. The van der Waals surface area contributed by atoms with E-state index in [1.54, 1.807) is 19.1 Å². The molecule has 0 bridgehead atoms. The highest BCUT2D eigenvalue weighted by molar-refractivity contribution is 7.90. The molecule has 2 N–H and O–H groups in total. The van der Waals surface area contributed by atoms with Crippen molar-refractivity contribution >= 4 is 15.9 Å². The molecule has 0 unspecified atom stereocenters. The SMILES string of the molecule is CCCS(=O)(=O)NC(=O)c1cc(-c2ccccc2OC)n[nH]1. The van der Waals surface area contributed by atoms with Crippen molar-refractivity contribution in [2.75, 3.05) is 12.9 Å². The number of sulfonamides is 1. The van der Waals surface area contributed by atoms with Crippen LogP contribution in [-0.4, -0.2) is 37.4 Å². The Labute approximate surface area is 128 Å².